The van der Waals surface area contributed by atoms with Crippen molar-refractivity contribution in [1.29, 1.82) is 0 Å². The van der Waals surface area contributed by atoms with Gasteiger partial charge in [0.1, 0.15) is 6.17 Å². The fourth-order valence-electron chi connectivity index (χ4n) is 1.72. The van der Waals surface area contributed by atoms with Crippen molar-refractivity contribution in [2.24, 2.45) is 10.2 Å². The normalized spacial score (nSPS) is 20.5. The van der Waals surface area contributed by atoms with Gasteiger partial charge in [-0.1, -0.05) is 18.2 Å². The molecule has 0 bridgehead atoms. The monoisotopic (exact) mass is 219 g/mol. The molecule has 16 heavy (non-hydrogen) atoms. The molecule has 1 N–H and O–H groups in total. The Morgan fingerprint density at radius 1 is 1.38 bits per heavy atom. The first kappa shape index (κ1) is 10.6. The Kier molecular flexibility index (Phi) is 3.14. The van der Waals surface area contributed by atoms with Crippen LogP contribution in [0.25, 0.3) is 0 Å². The lowest BCUT2D eigenvalue weighted by Gasteiger charge is -2.15. The number of carboxylic acid groups (broad SMARTS) is 1. The summed E-state index contributed by atoms with van der Waals surface area (Å²) in [6.07, 6.45) is 0.361. The zero-order valence-corrected chi connectivity index (χ0v) is 8.78. The summed E-state index contributed by atoms with van der Waals surface area (Å²) in [6.45, 7) is 0.549. The highest BCUT2D eigenvalue weighted by Crippen LogP contribution is 2.20. The number of hydrogen-bond donors (Lipinski definition) is 1. The molecule has 0 saturated carbocycles. The van der Waals surface area contributed by atoms with Gasteiger partial charge in [0, 0.05) is 6.54 Å². The van der Waals surface area contributed by atoms with E-state index in [1.54, 1.807) is 0 Å². The molecule has 1 fully saturated rings. The second-order valence-corrected chi connectivity index (χ2v) is 3.65. The molecule has 1 heterocycles. The van der Waals surface area contributed by atoms with Gasteiger partial charge >= 0.3 is 6.09 Å². The number of amides is 1. The molecule has 0 radical (unpaired) electrons. The minimum atomic E-state index is -0.922. The van der Waals surface area contributed by atoms with E-state index in [2.05, 4.69) is 10.2 Å². The van der Waals surface area contributed by atoms with E-state index in [-0.39, 0.29) is 6.17 Å². The third-order valence-electron chi connectivity index (χ3n) is 2.53. The maximum Gasteiger partial charge on any atom is 0.409 e. The van der Waals surface area contributed by atoms with Crippen LogP contribution in [0.5, 0.6) is 0 Å². The van der Waals surface area contributed by atoms with Crippen LogP contribution in [-0.4, -0.2) is 28.8 Å². The molecule has 0 aliphatic carbocycles. The van der Waals surface area contributed by atoms with Crippen molar-refractivity contribution >= 4 is 11.8 Å². The number of hydrogen-bond acceptors (Lipinski definition) is 3. The molecule has 84 valence electrons. The summed E-state index contributed by atoms with van der Waals surface area (Å²) in [6, 6.07) is 9.32. The third-order valence-corrected chi connectivity index (χ3v) is 2.53. The summed E-state index contributed by atoms with van der Waals surface area (Å²) in [5.41, 5.74) is 0.750. The summed E-state index contributed by atoms with van der Waals surface area (Å²) in [5, 5.41) is 17.0. The van der Waals surface area contributed by atoms with Crippen LogP contribution in [0.3, 0.4) is 0 Å². The van der Waals surface area contributed by atoms with Crippen molar-refractivity contribution in [2.75, 3.05) is 6.54 Å². The summed E-state index contributed by atoms with van der Waals surface area (Å²) >= 11 is 0. The largest absolute Gasteiger partial charge is 0.465 e. The molecule has 1 atom stereocenters. The van der Waals surface area contributed by atoms with Crippen molar-refractivity contribution in [3.8, 4) is 0 Å². The van der Waals surface area contributed by atoms with Crippen molar-refractivity contribution in [2.45, 2.75) is 19.0 Å². The van der Waals surface area contributed by atoms with E-state index in [0.717, 1.165) is 18.5 Å². The lowest BCUT2D eigenvalue weighted by Crippen LogP contribution is -2.32. The molecule has 1 amide bonds. The third kappa shape index (κ3) is 2.36. The zero-order valence-electron chi connectivity index (χ0n) is 8.78. The molecule has 1 aromatic carbocycles. The predicted octanol–water partition coefficient (Wildman–Crippen LogP) is 2.87. The highest BCUT2D eigenvalue weighted by molar-refractivity contribution is 5.65. The number of benzene rings is 1. The van der Waals surface area contributed by atoms with Crippen LogP contribution in [0.2, 0.25) is 0 Å². The standard InChI is InChI=1S/C11H13N3O2/c15-11(16)14-8-4-7-10(14)13-12-9-5-2-1-3-6-9/h1-3,5-6,10H,4,7-8H2,(H,15,16). The molecule has 0 aromatic heterocycles. The number of rotatable bonds is 2. The van der Waals surface area contributed by atoms with Crippen LogP contribution in [0, 0.1) is 0 Å². The minimum absolute atomic E-state index is 0.322. The Balaban J connectivity index is 2.04. The van der Waals surface area contributed by atoms with Crippen molar-refractivity contribution in [3.05, 3.63) is 30.3 Å². The number of azo groups is 1. The van der Waals surface area contributed by atoms with Gasteiger partial charge in [-0.2, -0.15) is 10.2 Å². The van der Waals surface area contributed by atoms with Crippen molar-refractivity contribution in [3.63, 3.8) is 0 Å². The van der Waals surface area contributed by atoms with Gasteiger partial charge in [-0.05, 0) is 25.0 Å². The van der Waals surface area contributed by atoms with Crippen LogP contribution in [0.15, 0.2) is 40.6 Å². The second-order valence-electron chi connectivity index (χ2n) is 3.65. The predicted molar refractivity (Wildman–Crippen MR) is 58.7 cm³/mol. The minimum Gasteiger partial charge on any atom is -0.465 e. The molecule has 0 spiro atoms. The number of nitrogens with zero attached hydrogens (tertiary/aromatic N) is 3. The molecule has 1 aliphatic heterocycles. The zero-order chi connectivity index (χ0) is 11.4. The summed E-state index contributed by atoms with van der Waals surface area (Å²) in [5.74, 6) is 0. The maximum atomic E-state index is 10.8. The van der Waals surface area contributed by atoms with Gasteiger partial charge in [0.15, 0.2) is 0 Å². The van der Waals surface area contributed by atoms with Gasteiger partial charge in [-0.3, -0.25) is 4.90 Å². The van der Waals surface area contributed by atoms with Gasteiger partial charge in [-0.25, -0.2) is 4.79 Å². The Bertz CT molecular complexity index is 391. The molecule has 5 heteroatoms. The molecule has 1 aromatic rings. The van der Waals surface area contributed by atoms with E-state index >= 15 is 0 Å². The van der Waals surface area contributed by atoms with Crippen molar-refractivity contribution in [1.82, 2.24) is 4.90 Å². The highest BCUT2D eigenvalue weighted by atomic mass is 16.4. The maximum absolute atomic E-state index is 10.8. The molecular weight excluding hydrogens is 206 g/mol. The van der Waals surface area contributed by atoms with Gasteiger partial charge in [0.05, 0.1) is 5.69 Å². The Morgan fingerprint density at radius 2 is 2.12 bits per heavy atom. The second kappa shape index (κ2) is 4.74. The summed E-state index contributed by atoms with van der Waals surface area (Å²) in [7, 11) is 0. The fraction of sp³-hybridized carbons (Fsp3) is 0.364. The number of likely N-dealkylation sites (tertiary alicyclic amines) is 1. The molecule has 1 saturated heterocycles. The quantitative estimate of drug-likeness (QED) is 0.777. The highest BCUT2D eigenvalue weighted by Gasteiger charge is 2.28. The molecule has 1 unspecified atom stereocenters. The van der Waals surface area contributed by atoms with Gasteiger partial charge in [-0.15, -0.1) is 0 Å². The Labute approximate surface area is 93.4 Å². The van der Waals surface area contributed by atoms with Gasteiger partial charge in [0.25, 0.3) is 0 Å². The van der Waals surface area contributed by atoms with E-state index in [9.17, 15) is 4.79 Å². The summed E-state index contributed by atoms with van der Waals surface area (Å²) in [4.78, 5) is 12.2. The van der Waals surface area contributed by atoms with Crippen LogP contribution >= 0.6 is 0 Å². The van der Waals surface area contributed by atoms with Crippen LogP contribution in [0.4, 0.5) is 10.5 Å². The first-order chi connectivity index (χ1) is 7.77. The fourth-order valence-corrected chi connectivity index (χ4v) is 1.72. The van der Waals surface area contributed by atoms with E-state index < -0.39 is 6.09 Å². The molecule has 5 nitrogen and oxygen atoms in total. The van der Waals surface area contributed by atoms with E-state index in [0.29, 0.717) is 6.54 Å². The molecule has 2 rings (SSSR count). The smallest absolute Gasteiger partial charge is 0.409 e. The Hall–Kier alpha value is -1.91. The average molecular weight is 219 g/mol. The lowest BCUT2D eigenvalue weighted by molar-refractivity contribution is 0.140. The first-order valence-corrected chi connectivity index (χ1v) is 5.23. The van der Waals surface area contributed by atoms with Crippen molar-refractivity contribution < 1.29 is 9.90 Å². The van der Waals surface area contributed by atoms with Crippen LogP contribution in [-0.2, 0) is 0 Å². The van der Waals surface area contributed by atoms with E-state index in [1.807, 2.05) is 30.3 Å². The topological polar surface area (TPSA) is 65.3 Å². The average Bonchev–Trinajstić information content (AvgIpc) is 2.76. The number of carbonyl (C=O) groups is 1. The molecule has 1 aliphatic rings. The summed E-state index contributed by atoms with van der Waals surface area (Å²) < 4.78 is 0. The molecular formula is C11H13N3O2. The van der Waals surface area contributed by atoms with Crippen LogP contribution in [0.1, 0.15) is 12.8 Å². The van der Waals surface area contributed by atoms with Gasteiger partial charge < -0.3 is 5.11 Å². The van der Waals surface area contributed by atoms with E-state index in [4.69, 9.17) is 5.11 Å². The first-order valence-electron chi connectivity index (χ1n) is 5.23. The Morgan fingerprint density at radius 3 is 2.81 bits per heavy atom. The van der Waals surface area contributed by atoms with Crippen LogP contribution < -0.4 is 0 Å². The van der Waals surface area contributed by atoms with Gasteiger partial charge in [0.2, 0.25) is 0 Å². The SMILES string of the molecule is O=C(O)N1CCCC1N=Nc1ccccc1. The lowest BCUT2D eigenvalue weighted by atomic mass is 10.3. The van der Waals surface area contributed by atoms with E-state index in [1.165, 1.54) is 4.90 Å².